The Labute approximate surface area is 148 Å². The molecule has 0 radical (unpaired) electrons. The van der Waals surface area contributed by atoms with Crippen LogP contribution in [0.1, 0.15) is 12.5 Å². The Kier molecular flexibility index (Phi) is 4.80. The lowest BCUT2D eigenvalue weighted by Gasteiger charge is -2.04. The fourth-order valence-corrected chi connectivity index (χ4v) is 2.38. The number of aromatic nitrogens is 3. The van der Waals surface area contributed by atoms with Crippen LogP contribution in [0, 0.1) is 4.77 Å². The molecule has 3 N–H and O–H groups in total. The summed E-state index contributed by atoms with van der Waals surface area (Å²) in [7, 11) is 0. The summed E-state index contributed by atoms with van der Waals surface area (Å²) < 4.78 is 7.25. The van der Waals surface area contributed by atoms with Gasteiger partial charge in [-0.2, -0.15) is 14.9 Å². The Bertz CT molecular complexity index is 961. The Morgan fingerprint density at radius 1 is 1.20 bits per heavy atom. The molecule has 1 heterocycles. The fourth-order valence-electron chi connectivity index (χ4n) is 2.20. The van der Waals surface area contributed by atoms with Gasteiger partial charge >= 0.3 is 0 Å². The average Bonchev–Trinajstić information content (AvgIpc) is 2.98. The van der Waals surface area contributed by atoms with Gasteiger partial charge < -0.3 is 14.9 Å². The second-order valence-electron chi connectivity index (χ2n) is 5.11. The maximum Gasteiger partial charge on any atom is 0.216 e. The van der Waals surface area contributed by atoms with E-state index in [1.54, 1.807) is 6.07 Å². The van der Waals surface area contributed by atoms with Crippen LogP contribution >= 0.6 is 12.2 Å². The molecule has 3 rings (SSSR count). The topological polar surface area (TPSA) is 95.7 Å². The van der Waals surface area contributed by atoms with E-state index in [-0.39, 0.29) is 11.5 Å². The van der Waals surface area contributed by atoms with Crippen molar-refractivity contribution in [2.45, 2.75) is 6.92 Å². The Balaban J connectivity index is 1.92. The molecule has 0 atom stereocenters. The van der Waals surface area contributed by atoms with Crippen LogP contribution in [0.25, 0.3) is 11.4 Å². The van der Waals surface area contributed by atoms with Gasteiger partial charge in [0.25, 0.3) is 0 Å². The Morgan fingerprint density at radius 2 is 1.96 bits per heavy atom. The molecule has 0 saturated heterocycles. The molecule has 0 saturated carbocycles. The SMILES string of the molecule is CCOc1ccc(-c2n[nH]c(=S)n2N=Cc2ccc(O)c(O)c2)cc1. The van der Waals surface area contributed by atoms with E-state index in [4.69, 9.17) is 17.0 Å². The second-order valence-corrected chi connectivity index (χ2v) is 5.50. The van der Waals surface area contributed by atoms with Crippen LogP contribution in [-0.2, 0) is 0 Å². The minimum absolute atomic E-state index is 0.188. The van der Waals surface area contributed by atoms with E-state index >= 15 is 0 Å². The molecular weight excluding hydrogens is 340 g/mol. The van der Waals surface area contributed by atoms with Crippen LogP contribution in [0.5, 0.6) is 17.2 Å². The van der Waals surface area contributed by atoms with Crippen molar-refractivity contribution in [1.29, 1.82) is 0 Å². The Morgan fingerprint density at radius 3 is 2.64 bits per heavy atom. The minimum Gasteiger partial charge on any atom is -0.504 e. The van der Waals surface area contributed by atoms with Gasteiger partial charge in [0.15, 0.2) is 17.3 Å². The first-order valence-corrected chi connectivity index (χ1v) is 7.96. The van der Waals surface area contributed by atoms with E-state index in [2.05, 4.69) is 15.3 Å². The monoisotopic (exact) mass is 356 g/mol. The number of hydrogen-bond donors (Lipinski definition) is 3. The quantitative estimate of drug-likeness (QED) is 0.370. The summed E-state index contributed by atoms with van der Waals surface area (Å²) in [5, 5.41) is 30.1. The summed E-state index contributed by atoms with van der Waals surface area (Å²) in [5.41, 5.74) is 1.43. The maximum absolute atomic E-state index is 9.54. The number of nitrogens with zero attached hydrogens (tertiary/aromatic N) is 3. The number of phenolic OH excluding ortho intramolecular Hbond substituents is 2. The molecule has 25 heavy (non-hydrogen) atoms. The van der Waals surface area contributed by atoms with Crippen molar-refractivity contribution in [3.63, 3.8) is 0 Å². The van der Waals surface area contributed by atoms with Crippen LogP contribution in [-0.4, -0.2) is 37.9 Å². The summed E-state index contributed by atoms with van der Waals surface area (Å²) in [6.07, 6.45) is 1.52. The van der Waals surface area contributed by atoms with Gasteiger partial charge in [0.2, 0.25) is 4.77 Å². The molecule has 2 aromatic carbocycles. The molecule has 0 spiro atoms. The predicted molar refractivity (Wildman–Crippen MR) is 96.8 cm³/mol. The van der Waals surface area contributed by atoms with Gasteiger partial charge in [0, 0.05) is 5.56 Å². The first kappa shape index (κ1) is 16.7. The first-order chi connectivity index (χ1) is 12.1. The van der Waals surface area contributed by atoms with Crippen LogP contribution < -0.4 is 4.74 Å². The summed E-state index contributed by atoms with van der Waals surface area (Å²) in [4.78, 5) is 0. The number of rotatable bonds is 5. The van der Waals surface area contributed by atoms with Crippen molar-refractivity contribution >= 4 is 18.4 Å². The van der Waals surface area contributed by atoms with Crippen molar-refractivity contribution in [1.82, 2.24) is 14.9 Å². The predicted octanol–water partition coefficient (Wildman–Crippen LogP) is 3.30. The lowest BCUT2D eigenvalue weighted by molar-refractivity contribution is 0.340. The zero-order valence-electron chi connectivity index (χ0n) is 13.4. The van der Waals surface area contributed by atoms with Crippen molar-refractivity contribution in [2.24, 2.45) is 5.10 Å². The molecule has 0 aliphatic heterocycles. The number of ether oxygens (including phenoxy) is 1. The lowest BCUT2D eigenvalue weighted by Crippen LogP contribution is -1.96. The highest BCUT2D eigenvalue weighted by Gasteiger charge is 2.08. The molecule has 0 unspecified atom stereocenters. The molecule has 0 aliphatic rings. The summed E-state index contributed by atoms with van der Waals surface area (Å²) in [6, 6.07) is 11.9. The van der Waals surface area contributed by atoms with Gasteiger partial charge in [-0.15, -0.1) is 0 Å². The van der Waals surface area contributed by atoms with Gasteiger partial charge in [0.1, 0.15) is 5.75 Å². The van der Waals surface area contributed by atoms with Gasteiger partial charge in [-0.1, -0.05) is 0 Å². The highest BCUT2D eigenvalue weighted by atomic mass is 32.1. The van der Waals surface area contributed by atoms with Crippen LogP contribution in [0.15, 0.2) is 47.6 Å². The number of aromatic hydroxyl groups is 2. The highest BCUT2D eigenvalue weighted by Crippen LogP contribution is 2.24. The second kappa shape index (κ2) is 7.18. The Hall–Kier alpha value is -3.13. The van der Waals surface area contributed by atoms with E-state index in [1.807, 2.05) is 31.2 Å². The molecule has 0 amide bonds. The molecule has 0 fully saturated rings. The molecular formula is C17H16N4O3S. The number of phenols is 2. The lowest BCUT2D eigenvalue weighted by atomic mass is 10.2. The molecule has 0 aliphatic carbocycles. The average molecular weight is 356 g/mol. The van der Waals surface area contributed by atoms with Crippen LogP contribution in [0.2, 0.25) is 0 Å². The smallest absolute Gasteiger partial charge is 0.216 e. The van der Waals surface area contributed by atoms with Gasteiger partial charge in [-0.3, -0.25) is 0 Å². The van der Waals surface area contributed by atoms with Crippen molar-refractivity contribution < 1.29 is 14.9 Å². The molecule has 128 valence electrons. The number of aromatic amines is 1. The number of hydrogen-bond acceptors (Lipinski definition) is 6. The molecule has 3 aromatic rings. The number of benzene rings is 2. The van der Waals surface area contributed by atoms with E-state index in [9.17, 15) is 10.2 Å². The van der Waals surface area contributed by atoms with E-state index in [0.29, 0.717) is 22.8 Å². The zero-order chi connectivity index (χ0) is 17.8. The molecule has 8 heteroatoms. The summed E-state index contributed by atoms with van der Waals surface area (Å²) >= 11 is 5.22. The minimum atomic E-state index is -0.216. The third kappa shape index (κ3) is 3.69. The molecule has 0 bridgehead atoms. The van der Waals surface area contributed by atoms with Gasteiger partial charge in [-0.05, 0) is 67.2 Å². The zero-order valence-corrected chi connectivity index (χ0v) is 14.2. The normalized spacial score (nSPS) is 11.1. The number of H-pyrrole nitrogens is 1. The van der Waals surface area contributed by atoms with Crippen LogP contribution in [0.4, 0.5) is 0 Å². The van der Waals surface area contributed by atoms with E-state index in [0.717, 1.165) is 11.3 Å². The first-order valence-electron chi connectivity index (χ1n) is 7.55. The van der Waals surface area contributed by atoms with Crippen molar-refractivity contribution in [3.8, 4) is 28.6 Å². The van der Waals surface area contributed by atoms with Crippen LogP contribution in [0.3, 0.4) is 0 Å². The molecule has 1 aromatic heterocycles. The largest absolute Gasteiger partial charge is 0.504 e. The van der Waals surface area contributed by atoms with E-state index < -0.39 is 0 Å². The standard InChI is InChI=1S/C17H16N4O3S/c1-2-24-13-6-4-12(5-7-13)16-19-20-17(25)21(16)18-10-11-3-8-14(22)15(23)9-11/h3-10,22-23H,2H2,1H3,(H,20,25). The summed E-state index contributed by atoms with van der Waals surface area (Å²) in [6.45, 7) is 2.52. The van der Waals surface area contributed by atoms with Crippen molar-refractivity contribution in [3.05, 3.63) is 52.8 Å². The highest BCUT2D eigenvalue weighted by molar-refractivity contribution is 7.71. The van der Waals surface area contributed by atoms with Gasteiger partial charge in [-0.25, -0.2) is 5.10 Å². The van der Waals surface area contributed by atoms with Crippen molar-refractivity contribution in [2.75, 3.05) is 6.61 Å². The van der Waals surface area contributed by atoms with E-state index in [1.165, 1.54) is 23.0 Å². The third-order valence-electron chi connectivity index (χ3n) is 3.40. The maximum atomic E-state index is 9.54. The summed E-state index contributed by atoms with van der Waals surface area (Å²) in [5.74, 6) is 0.918. The molecule has 7 nitrogen and oxygen atoms in total. The third-order valence-corrected chi connectivity index (χ3v) is 3.66. The number of nitrogens with one attached hydrogen (secondary N) is 1. The fraction of sp³-hybridized carbons (Fsp3) is 0.118. The van der Waals surface area contributed by atoms with Gasteiger partial charge in [0.05, 0.1) is 12.8 Å².